The van der Waals surface area contributed by atoms with E-state index in [4.69, 9.17) is 4.74 Å². The van der Waals surface area contributed by atoms with Gasteiger partial charge in [0, 0.05) is 33.9 Å². The Morgan fingerprint density at radius 2 is 2.16 bits per heavy atom. The van der Waals surface area contributed by atoms with E-state index in [2.05, 4.69) is 10.2 Å². The van der Waals surface area contributed by atoms with E-state index in [0.29, 0.717) is 31.3 Å². The van der Waals surface area contributed by atoms with Gasteiger partial charge in [-0.05, 0) is 24.5 Å². The van der Waals surface area contributed by atoms with Crippen LogP contribution in [0.4, 0.5) is 0 Å². The molecule has 0 saturated heterocycles. The number of rotatable bonds is 9. The molecule has 2 rings (SSSR count). The van der Waals surface area contributed by atoms with Crippen molar-refractivity contribution >= 4 is 17.7 Å². The zero-order valence-electron chi connectivity index (χ0n) is 14.8. The minimum Gasteiger partial charge on any atom is -0.385 e. The van der Waals surface area contributed by atoms with Crippen LogP contribution in [0.1, 0.15) is 17.5 Å². The number of hydrogen-bond donors (Lipinski definition) is 1. The molecule has 8 heteroatoms. The molecule has 0 aliphatic carbocycles. The van der Waals surface area contributed by atoms with Crippen molar-refractivity contribution in [2.24, 2.45) is 0 Å². The number of methoxy groups -OCH3 is 1. The lowest BCUT2D eigenvalue weighted by Crippen LogP contribution is -2.28. The molecule has 0 aliphatic heterocycles. The normalized spacial score (nSPS) is 10.8. The Labute approximate surface area is 151 Å². The molecule has 25 heavy (non-hydrogen) atoms. The van der Waals surface area contributed by atoms with Crippen LogP contribution in [-0.4, -0.2) is 52.1 Å². The first-order chi connectivity index (χ1) is 12.0. The minimum absolute atomic E-state index is 0.00727. The van der Waals surface area contributed by atoms with Gasteiger partial charge in [0.15, 0.2) is 5.16 Å². The highest BCUT2D eigenvalue weighted by atomic mass is 32.2. The number of carbonyl (C=O) groups is 1. The number of amides is 1. The van der Waals surface area contributed by atoms with Gasteiger partial charge in [-0.3, -0.25) is 9.36 Å². The Morgan fingerprint density at radius 1 is 1.40 bits per heavy atom. The molecule has 136 valence electrons. The third kappa shape index (κ3) is 5.47. The molecule has 2 aromatic rings. The molecular formula is C17H24N4O3S. The first kappa shape index (κ1) is 19.3. The Balaban J connectivity index is 1.91. The summed E-state index contributed by atoms with van der Waals surface area (Å²) in [5, 5.41) is 6.96. The summed E-state index contributed by atoms with van der Waals surface area (Å²) in [6.45, 7) is 3.68. The van der Waals surface area contributed by atoms with Crippen molar-refractivity contribution in [1.29, 1.82) is 0 Å². The number of hydrogen-bond acceptors (Lipinski definition) is 5. The first-order valence-corrected chi connectivity index (χ1v) is 9.07. The molecule has 0 fully saturated rings. The van der Waals surface area contributed by atoms with Crippen LogP contribution < -0.4 is 5.69 Å². The minimum atomic E-state index is -0.265. The van der Waals surface area contributed by atoms with Crippen LogP contribution in [0.25, 0.3) is 0 Å². The average molecular weight is 364 g/mol. The molecule has 0 atom stereocenters. The Morgan fingerprint density at radius 3 is 2.88 bits per heavy atom. The SMILES string of the molecule is COCCCn1c(SCC(=O)N(C)Cc2ccccc2C)n[nH]c1=O. The zero-order chi connectivity index (χ0) is 18.2. The van der Waals surface area contributed by atoms with E-state index in [-0.39, 0.29) is 17.3 Å². The molecule has 7 nitrogen and oxygen atoms in total. The molecule has 1 aromatic heterocycles. The van der Waals surface area contributed by atoms with Crippen molar-refractivity contribution in [2.75, 3.05) is 26.5 Å². The number of nitrogens with one attached hydrogen (secondary N) is 1. The number of thioether (sulfide) groups is 1. The summed E-state index contributed by atoms with van der Waals surface area (Å²) in [6, 6.07) is 8.01. The number of aromatic amines is 1. The fraction of sp³-hybridized carbons (Fsp3) is 0.471. The van der Waals surface area contributed by atoms with Gasteiger partial charge in [-0.2, -0.15) is 0 Å². The Hall–Kier alpha value is -2.06. The van der Waals surface area contributed by atoms with E-state index >= 15 is 0 Å². The second-order valence-corrected chi connectivity index (χ2v) is 6.72. The van der Waals surface area contributed by atoms with Crippen LogP contribution in [0.5, 0.6) is 0 Å². The lowest BCUT2D eigenvalue weighted by atomic mass is 10.1. The van der Waals surface area contributed by atoms with Crippen molar-refractivity contribution < 1.29 is 9.53 Å². The number of benzene rings is 1. The summed E-state index contributed by atoms with van der Waals surface area (Å²) in [5.41, 5.74) is 2.02. The molecule has 1 heterocycles. The largest absolute Gasteiger partial charge is 0.385 e. The van der Waals surface area contributed by atoms with Gasteiger partial charge in [0.1, 0.15) is 0 Å². The maximum absolute atomic E-state index is 12.4. The Kier molecular flexibility index (Phi) is 7.27. The summed E-state index contributed by atoms with van der Waals surface area (Å²) < 4.78 is 6.54. The van der Waals surface area contributed by atoms with Crippen LogP contribution in [0, 0.1) is 6.92 Å². The monoisotopic (exact) mass is 364 g/mol. The van der Waals surface area contributed by atoms with E-state index < -0.39 is 0 Å². The summed E-state index contributed by atoms with van der Waals surface area (Å²) in [5.74, 6) is 0.226. The van der Waals surface area contributed by atoms with Crippen LogP contribution in [0.2, 0.25) is 0 Å². The molecule has 1 amide bonds. The van der Waals surface area contributed by atoms with Gasteiger partial charge in [0.2, 0.25) is 5.91 Å². The first-order valence-electron chi connectivity index (χ1n) is 8.08. The molecule has 0 spiro atoms. The van der Waals surface area contributed by atoms with E-state index in [9.17, 15) is 9.59 Å². The van der Waals surface area contributed by atoms with Gasteiger partial charge in [0.05, 0.1) is 5.75 Å². The number of nitrogens with zero attached hydrogens (tertiary/aromatic N) is 3. The topological polar surface area (TPSA) is 80.2 Å². The number of H-pyrrole nitrogens is 1. The van der Waals surface area contributed by atoms with Crippen LogP contribution in [0.15, 0.2) is 34.2 Å². The Bertz CT molecular complexity index is 756. The smallest absolute Gasteiger partial charge is 0.343 e. The summed E-state index contributed by atoms with van der Waals surface area (Å²) in [7, 11) is 3.41. The third-order valence-corrected chi connectivity index (χ3v) is 4.83. The number of aryl methyl sites for hydroxylation is 1. The second kappa shape index (κ2) is 9.43. The highest BCUT2D eigenvalue weighted by Crippen LogP contribution is 2.15. The molecule has 0 aliphatic rings. The standard InChI is InChI=1S/C17H24N4O3S/c1-13-7-4-5-8-14(13)11-20(2)15(22)12-25-17-19-18-16(23)21(17)9-6-10-24-3/h4-5,7-8H,6,9-12H2,1-3H3,(H,18,23). The zero-order valence-corrected chi connectivity index (χ0v) is 15.6. The van der Waals surface area contributed by atoms with Gasteiger partial charge in [0.25, 0.3) is 0 Å². The molecule has 1 N–H and O–H groups in total. The van der Waals surface area contributed by atoms with Crippen molar-refractivity contribution in [3.63, 3.8) is 0 Å². The quantitative estimate of drug-likeness (QED) is 0.541. The van der Waals surface area contributed by atoms with E-state index in [1.54, 1.807) is 19.1 Å². The highest BCUT2D eigenvalue weighted by molar-refractivity contribution is 7.99. The summed E-state index contributed by atoms with van der Waals surface area (Å²) >= 11 is 1.27. The molecular weight excluding hydrogens is 340 g/mol. The van der Waals surface area contributed by atoms with E-state index in [0.717, 1.165) is 11.1 Å². The van der Waals surface area contributed by atoms with Crippen molar-refractivity contribution in [3.05, 3.63) is 45.9 Å². The van der Waals surface area contributed by atoms with Crippen molar-refractivity contribution in [2.45, 2.75) is 31.6 Å². The summed E-state index contributed by atoms with van der Waals surface area (Å²) in [6.07, 6.45) is 0.713. The average Bonchev–Trinajstić information content (AvgIpc) is 2.95. The van der Waals surface area contributed by atoms with Gasteiger partial charge < -0.3 is 9.64 Å². The fourth-order valence-corrected chi connectivity index (χ4v) is 3.26. The van der Waals surface area contributed by atoms with E-state index in [1.165, 1.54) is 16.3 Å². The maximum atomic E-state index is 12.4. The van der Waals surface area contributed by atoms with Crippen molar-refractivity contribution in [1.82, 2.24) is 19.7 Å². The van der Waals surface area contributed by atoms with E-state index in [1.807, 2.05) is 31.2 Å². The number of aromatic nitrogens is 3. The lowest BCUT2D eigenvalue weighted by molar-refractivity contribution is -0.127. The van der Waals surface area contributed by atoms with Gasteiger partial charge >= 0.3 is 5.69 Å². The molecule has 1 aromatic carbocycles. The van der Waals surface area contributed by atoms with Crippen LogP contribution >= 0.6 is 11.8 Å². The number of ether oxygens (including phenoxy) is 1. The van der Waals surface area contributed by atoms with Crippen molar-refractivity contribution in [3.8, 4) is 0 Å². The molecule has 0 radical (unpaired) electrons. The predicted octanol–water partition coefficient (Wildman–Crippen LogP) is 1.67. The lowest BCUT2D eigenvalue weighted by Gasteiger charge is -2.18. The third-order valence-electron chi connectivity index (χ3n) is 3.87. The van der Waals surface area contributed by atoms with Gasteiger partial charge in [-0.1, -0.05) is 36.0 Å². The molecule has 0 bridgehead atoms. The second-order valence-electron chi connectivity index (χ2n) is 5.77. The van der Waals surface area contributed by atoms with Gasteiger partial charge in [-0.25, -0.2) is 9.89 Å². The highest BCUT2D eigenvalue weighted by Gasteiger charge is 2.14. The van der Waals surface area contributed by atoms with Gasteiger partial charge in [-0.15, -0.1) is 5.10 Å². The molecule has 0 unspecified atom stereocenters. The van der Waals surface area contributed by atoms with Crippen LogP contribution in [-0.2, 0) is 22.6 Å². The fourth-order valence-electron chi connectivity index (χ4n) is 2.35. The van der Waals surface area contributed by atoms with Crippen LogP contribution in [0.3, 0.4) is 0 Å². The summed E-state index contributed by atoms with van der Waals surface area (Å²) in [4.78, 5) is 25.8. The maximum Gasteiger partial charge on any atom is 0.343 e. The predicted molar refractivity (Wildman–Crippen MR) is 97.7 cm³/mol. The molecule has 0 saturated carbocycles. The number of carbonyl (C=O) groups excluding carboxylic acids is 1.